The van der Waals surface area contributed by atoms with E-state index >= 15 is 0 Å². The lowest BCUT2D eigenvalue weighted by molar-refractivity contribution is -0.123. The zero-order valence-electron chi connectivity index (χ0n) is 10.7. The summed E-state index contributed by atoms with van der Waals surface area (Å²) in [6, 6.07) is 0.0519. The molecule has 0 aliphatic carbocycles. The summed E-state index contributed by atoms with van der Waals surface area (Å²) in [6.45, 7) is 5.22. The Hall–Kier alpha value is -0.610. The number of hydrogen-bond donors (Lipinski definition) is 2. The van der Waals surface area contributed by atoms with Crippen LogP contribution in [0.1, 0.15) is 38.5 Å². The van der Waals surface area contributed by atoms with Crippen LogP contribution in [-0.4, -0.2) is 49.6 Å². The molecule has 0 bridgehead atoms. The van der Waals surface area contributed by atoms with Gasteiger partial charge in [-0.1, -0.05) is 12.8 Å². The van der Waals surface area contributed by atoms with Crippen molar-refractivity contribution in [3.05, 3.63) is 0 Å². The molecule has 4 heteroatoms. The molecule has 0 spiro atoms. The lowest BCUT2D eigenvalue weighted by Gasteiger charge is -2.18. The van der Waals surface area contributed by atoms with Crippen LogP contribution >= 0.6 is 0 Å². The molecule has 0 saturated carbocycles. The SMILES string of the molecule is O=C(NCCN1CCCC1)C1CCCCCN1. The number of likely N-dealkylation sites (tertiary alicyclic amines) is 1. The van der Waals surface area contributed by atoms with Crippen LogP contribution in [0.15, 0.2) is 0 Å². The molecule has 4 nitrogen and oxygen atoms in total. The number of amides is 1. The first kappa shape index (κ1) is 12.8. The van der Waals surface area contributed by atoms with Crippen molar-refractivity contribution in [2.24, 2.45) is 0 Å². The summed E-state index contributed by atoms with van der Waals surface area (Å²) >= 11 is 0. The van der Waals surface area contributed by atoms with E-state index in [0.29, 0.717) is 0 Å². The van der Waals surface area contributed by atoms with E-state index in [1.165, 1.54) is 45.2 Å². The van der Waals surface area contributed by atoms with Crippen molar-refractivity contribution < 1.29 is 4.79 Å². The van der Waals surface area contributed by atoms with Crippen molar-refractivity contribution in [3.8, 4) is 0 Å². The number of carbonyl (C=O) groups is 1. The molecule has 2 fully saturated rings. The Kier molecular flexibility index (Phi) is 5.26. The number of nitrogens with zero attached hydrogens (tertiary/aromatic N) is 1. The number of hydrogen-bond acceptors (Lipinski definition) is 3. The van der Waals surface area contributed by atoms with Crippen LogP contribution in [0.4, 0.5) is 0 Å². The summed E-state index contributed by atoms with van der Waals surface area (Å²) in [4.78, 5) is 14.4. The molecule has 2 aliphatic heterocycles. The van der Waals surface area contributed by atoms with Crippen molar-refractivity contribution in [3.63, 3.8) is 0 Å². The third kappa shape index (κ3) is 4.28. The van der Waals surface area contributed by atoms with Crippen molar-refractivity contribution >= 4 is 5.91 Å². The molecule has 1 unspecified atom stereocenters. The van der Waals surface area contributed by atoms with Crippen LogP contribution in [-0.2, 0) is 4.79 Å². The Labute approximate surface area is 104 Å². The van der Waals surface area contributed by atoms with Gasteiger partial charge < -0.3 is 15.5 Å². The zero-order chi connectivity index (χ0) is 11.9. The Balaban J connectivity index is 1.61. The summed E-state index contributed by atoms with van der Waals surface area (Å²) in [5.74, 6) is 0.200. The van der Waals surface area contributed by atoms with Gasteiger partial charge in [-0.05, 0) is 45.3 Å². The largest absolute Gasteiger partial charge is 0.353 e. The van der Waals surface area contributed by atoms with E-state index in [1.807, 2.05) is 0 Å². The highest BCUT2D eigenvalue weighted by atomic mass is 16.2. The van der Waals surface area contributed by atoms with Gasteiger partial charge in [0.2, 0.25) is 5.91 Å². The first-order valence-corrected chi connectivity index (χ1v) is 7.10. The second kappa shape index (κ2) is 6.97. The van der Waals surface area contributed by atoms with Gasteiger partial charge in [-0.3, -0.25) is 4.79 Å². The van der Waals surface area contributed by atoms with E-state index in [9.17, 15) is 4.79 Å². The highest BCUT2D eigenvalue weighted by Crippen LogP contribution is 2.08. The van der Waals surface area contributed by atoms with Gasteiger partial charge in [0.25, 0.3) is 0 Å². The standard InChI is InChI=1S/C13H25N3O/c17-13(12-6-2-1-3-7-14-12)15-8-11-16-9-4-5-10-16/h12,14H,1-11H2,(H,15,17). The van der Waals surface area contributed by atoms with Gasteiger partial charge in [0, 0.05) is 13.1 Å². The van der Waals surface area contributed by atoms with Crippen LogP contribution in [0.25, 0.3) is 0 Å². The number of carbonyl (C=O) groups excluding carboxylic acids is 1. The van der Waals surface area contributed by atoms with Gasteiger partial charge >= 0.3 is 0 Å². The minimum absolute atomic E-state index is 0.0519. The quantitative estimate of drug-likeness (QED) is 0.760. The minimum Gasteiger partial charge on any atom is -0.353 e. The molecule has 0 aromatic rings. The highest BCUT2D eigenvalue weighted by molar-refractivity contribution is 5.81. The highest BCUT2D eigenvalue weighted by Gasteiger charge is 2.19. The molecule has 1 atom stereocenters. The van der Waals surface area contributed by atoms with Crippen molar-refractivity contribution in [2.45, 2.75) is 44.6 Å². The normalized spacial score (nSPS) is 26.7. The third-order valence-electron chi connectivity index (χ3n) is 3.80. The van der Waals surface area contributed by atoms with Gasteiger partial charge in [0.1, 0.15) is 0 Å². The molecule has 2 N–H and O–H groups in total. The van der Waals surface area contributed by atoms with Gasteiger partial charge in [0.05, 0.1) is 6.04 Å². The predicted octanol–water partition coefficient (Wildman–Crippen LogP) is 0.731. The van der Waals surface area contributed by atoms with Gasteiger partial charge in [0.15, 0.2) is 0 Å². The fraction of sp³-hybridized carbons (Fsp3) is 0.923. The van der Waals surface area contributed by atoms with Crippen molar-refractivity contribution in [1.82, 2.24) is 15.5 Å². The lowest BCUT2D eigenvalue weighted by Crippen LogP contribution is -2.45. The predicted molar refractivity (Wildman–Crippen MR) is 68.9 cm³/mol. The summed E-state index contributed by atoms with van der Waals surface area (Å²) in [7, 11) is 0. The monoisotopic (exact) mass is 239 g/mol. The zero-order valence-corrected chi connectivity index (χ0v) is 10.7. The molecule has 0 aromatic heterocycles. The Morgan fingerprint density at radius 3 is 2.82 bits per heavy atom. The maximum absolute atomic E-state index is 11.9. The first-order chi connectivity index (χ1) is 8.36. The van der Waals surface area contributed by atoms with Crippen molar-refractivity contribution in [2.75, 3.05) is 32.7 Å². The maximum atomic E-state index is 11.9. The van der Waals surface area contributed by atoms with E-state index in [1.54, 1.807) is 0 Å². The van der Waals surface area contributed by atoms with E-state index in [2.05, 4.69) is 15.5 Å². The summed E-state index contributed by atoms with van der Waals surface area (Å²) in [6.07, 6.45) is 7.27. The topological polar surface area (TPSA) is 44.4 Å². The molecule has 2 saturated heterocycles. The average Bonchev–Trinajstić information content (AvgIpc) is 2.69. The van der Waals surface area contributed by atoms with Crippen LogP contribution in [0.2, 0.25) is 0 Å². The fourth-order valence-corrected chi connectivity index (χ4v) is 2.72. The second-order valence-corrected chi connectivity index (χ2v) is 5.20. The Morgan fingerprint density at radius 1 is 1.18 bits per heavy atom. The fourth-order valence-electron chi connectivity index (χ4n) is 2.72. The summed E-state index contributed by atoms with van der Waals surface area (Å²) in [5.41, 5.74) is 0. The molecule has 2 heterocycles. The average molecular weight is 239 g/mol. The number of nitrogens with one attached hydrogen (secondary N) is 2. The molecule has 17 heavy (non-hydrogen) atoms. The summed E-state index contributed by atoms with van der Waals surface area (Å²) < 4.78 is 0. The second-order valence-electron chi connectivity index (χ2n) is 5.20. The maximum Gasteiger partial charge on any atom is 0.237 e. The van der Waals surface area contributed by atoms with Crippen LogP contribution in [0.3, 0.4) is 0 Å². The lowest BCUT2D eigenvalue weighted by atomic mass is 10.1. The number of rotatable bonds is 4. The van der Waals surface area contributed by atoms with E-state index in [4.69, 9.17) is 0 Å². The first-order valence-electron chi connectivity index (χ1n) is 7.10. The molecule has 98 valence electrons. The van der Waals surface area contributed by atoms with Crippen LogP contribution < -0.4 is 10.6 Å². The molecule has 1 amide bonds. The summed E-state index contributed by atoms with van der Waals surface area (Å²) in [5, 5.41) is 6.40. The molecule has 0 radical (unpaired) electrons. The Bertz CT molecular complexity index is 231. The molecular formula is C13H25N3O. The van der Waals surface area contributed by atoms with Gasteiger partial charge in [-0.2, -0.15) is 0 Å². The van der Waals surface area contributed by atoms with Crippen molar-refractivity contribution in [1.29, 1.82) is 0 Å². The Morgan fingerprint density at radius 2 is 2.00 bits per heavy atom. The van der Waals surface area contributed by atoms with Crippen LogP contribution in [0, 0.1) is 0 Å². The van der Waals surface area contributed by atoms with Crippen LogP contribution in [0.5, 0.6) is 0 Å². The van der Waals surface area contributed by atoms with E-state index in [-0.39, 0.29) is 11.9 Å². The molecule has 2 rings (SSSR count). The van der Waals surface area contributed by atoms with E-state index < -0.39 is 0 Å². The smallest absolute Gasteiger partial charge is 0.237 e. The molecule has 2 aliphatic rings. The van der Waals surface area contributed by atoms with E-state index in [0.717, 1.165) is 26.1 Å². The molecular weight excluding hydrogens is 214 g/mol. The molecule has 0 aromatic carbocycles. The van der Waals surface area contributed by atoms with Gasteiger partial charge in [-0.25, -0.2) is 0 Å². The third-order valence-corrected chi connectivity index (χ3v) is 3.80. The minimum atomic E-state index is 0.0519. The van der Waals surface area contributed by atoms with Gasteiger partial charge in [-0.15, -0.1) is 0 Å².